The average molecular weight is 337 g/mol. The number of benzene rings is 1. The molecule has 1 aliphatic heterocycles. The molecule has 0 aromatic heterocycles. The molecule has 2 rings (SSSR count). The topological polar surface area (TPSA) is 46.1 Å². The fraction of sp³-hybridized carbons (Fsp3) is 0.611. The van der Waals surface area contributed by atoms with E-state index >= 15 is 0 Å². The number of ether oxygens (including phenoxy) is 2. The molecule has 134 valence electrons. The summed E-state index contributed by atoms with van der Waals surface area (Å²) in [6, 6.07) is 6.90. The van der Waals surface area contributed by atoms with Gasteiger partial charge in [0.2, 0.25) is 0 Å². The predicted molar refractivity (Wildman–Crippen MR) is 93.8 cm³/mol. The third kappa shape index (κ3) is 5.76. The second kappa shape index (κ2) is 10.3. The molecule has 0 spiro atoms. The first kappa shape index (κ1) is 18.7. The monoisotopic (exact) mass is 337 g/mol. The molecule has 1 N–H and O–H groups in total. The first-order valence-electron chi connectivity index (χ1n) is 8.50. The minimum Gasteiger partial charge on any atom is -0.382 e. The highest BCUT2D eigenvalue weighted by Gasteiger charge is 2.24. The molecule has 1 atom stereocenters. The highest BCUT2D eigenvalue weighted by Crippen LogP contribution is 2.16. The Labute approximate surface area is 143 Å². The minimum absolute atomic E-state index is 0.149. The lowest BCUT2D eigenvalue weighted by Crippen LogP contribution is -2.41. The summed E-state index contributed by atoms with van der Waals surface area (Å²) >= 11 is 0. The van der Waals surface area contributed by atoms with E-state index in [1.54, 1.807) is 20.2 Å². The molecular weight excluding hydrogens is 309 g/mol. The Morgan fingerprint density at radius 2 is 2.21 bits per heavy atom. The average Bonchev–Trinajstić information content (AvgIpc) is 3.06. The first-order valence-corrected chi connectivity index (χ1v) is 8.50. The maximum atomic E-state index is 13.6. The molecule has 6 heteroatoms. The fourth-order valence-corrected chi connectivity index (χ4v) is 2.90. The molecule has 0 amide bonds. The number of nitrogens with one attached hydrogen (secondary N) is 1. The van der Waals surface area contributed by atoms with Crippen LogP contribution in [0.1, 0.15) is 12.0 Å². The van der Waals surface area contributed by atoms with Crippen molar-refractivity contribution in [3.8, 4) is 0 Å². The summed E-state index contributed by atoms with van der Waals surface area (Å²) in [7, 11) is 3.46. The van der Waals surface area contributed by atoms with E-state index in [1.165, 1.54) is 6.07 Å². The largest absolute Gasteiger partial charge is 0.382 e. The maximum Gasteiger partial charge on any atom is 0.193 e. The Morgan fingerprint density at radius 1 is 1.38 bits per heavy atom. The number of aliphatic imine (C=N–C) groups is 1. The van der Waals surface area contributed by atoms with Crippen LogP contribution in [0.5, 0.6) is 0 Å². The van der Waals surface area contributed by atoms with Crippen molar-refractivity contribution in [1.29, 1.82) is 0 Å². The molecule has 5 nitrogen and oxygen atoms in total. The van der Waals surface area contributed by atoms with Crippen molar-refractivity contribution in [2.24, 2.45) is 10.9 Å². The van der Waals surface area contributed by atoms with E-state index < -0.39 is 0 Å². The van der Waals surface area contributed by atoms with E-state index in [1.807, 2.05) is 12.1 Å². The summed E-state index contributed by atoms with van der Waals surface area (Å²) in [5.74, 6) is 1.25. The Morgan fingerprint density at radius 3 is 2.96 bits per heavy atom. The van der Waals surface area contributed by atoms with Crippen molar-refractivity contribution in [3.05, 3.63) is 35.6 Å². The van der Waals surface area contributed by atoms with Gasteiger partial charge >= 0.3 is 0 Å². The molecule has 1 aliphatic rings. The van der Waals surface area contributed by atoms with Crippen LogP contribution in [-0.4, -0.2) is 64.5 Å². The van der Waals surface area contributed by atoms with Crippen LogP contribution in [-0.2, 0) is 15.9 Å². The zero-order chi connectivity index (χ0) is 17.2. The molecule has 1 heterocycles. The van der Waals surface area contributed by atoms with Gasteiger partial charge in [0, 0.05) is 39.7 Å². The van der Waals surface area contributed by atoms with E-state index in [0.717, 1.165) is 37.6 Å². The van der Waals surface area contributed by atoms with Gasteiger partial charge in [0.1, 0.15) is 5.82 Å². The van der Waals surface area contributed by atoms with E-state index in [-0.39, 0.29) is 5.82 Å². The Kier molecular flexibility index (Phi) is 7.98. The van der Waals surface area contributed by atoms with Gasteiger partial charge in [-0.15, -0.1) is 0 Å². The predicted octanol–water partition coefficient (Wildman–Crippen LogP) is 1.93. The summed E-state index contributed by atoms with van der Waals surface area (Å²) in [4.78, 5) is 6.59. The van der Waals surface area contributed by atoms with Gasteiger partial charge in [0.15, 0.2) is 5.96 Å². The fourth-order valence-electron chi connectivity index (χ4n) is 2.90. The number of nitrogens with zero attached hydrogens (tertiary/aromatic N) is 2. The van der Waals surface area contributed by atoms with Crippen molar-refractivity contribution in [3.63, 3.8) is 0 Å². The number of methoxy groups -OCH3 is 1. The van der Waals surface area contributed by atoms with Crippen molar-refractivity contribution < 1.29 is 13.9 Å². The zero-order valence-corrected chi connectivity index (χ0v) is 14.6. The normalized spacial score (nSPS) is 18.2. The lowest BCUT2D eigenvalue weighted by atomic mass is 10.1. The van der Waals surface area contributed by atoms with Crippen LogP contribution in [0.3, 0.4) is 0 Å². The van der Waals surface area contributed by atoms with Crippen LogP contribution >= 0.6 is 0 Å². The number of hydrogen-bond acceptors (Lipinski definition) is 3. The SMILES string of the molecule is CN=C(NCCc1ccccc1F)N1CCC(COCCOC)C1. The van der Waals surface area contributed by atoms with E-state index in [4.69, 9.17) is 9.47 Å². The van der Waals surface area contributed by atoms with Crippen molar-refractivity contribution in [2.75, 3.05) is 53.6 Å². The second-order valence-corrected chi connectivity index (χ2v) is 5.98. The lowest BCUT2D eigenvalue weighted by molar-refractivity contribution is 0.0536. The maximum absolute atomic E-state index is 13.6. The smallest absolute Gasteiger partial charge is 0.193 e. The second-order valence-electron chi connectivity index (χ2n) is 5.98. The summed E-state index contributed by atoms with van der Waals surface area (Å²) in [6.45, 7) is 4.60. The number of guanidine groups is 1. The third-order valence-electron chi connectivity index (χ3n) is 4.22. The molecule has 1 fully saturated rings. The molecule has 1 saturated heterocycles. The van der Waals surface area contributed by atoms with Crippen LogP contribution in [0, 0.1) is 11.7 Å². The van der Waals surface area contributed by atoms with E-state index in [2.05, 4.69) is 15.2 Å². The molecule has 24 heavy (non-hydrogen) atoms. The van der Waals surface area contributed by atoms with Crippen LogP contribution in [0.4, 0.5) is 4.39 Å². The van der Waals surface area contributed by atoms with Crippen molar-refractivity contribution in [2.45, 2.75) is 12.8 Å². The van der Waals surface area contributed by atoms with Crippen molar-refractivity contribution >= 4 is 5.96 Å². The van der Waals surface area contributed by atoms with Gasteiger partial charge in [-0.05, 0) is 24.5 Å². The van der Waals surface area contributed by atoms with Crippen LogP contribution < -0.4 is 5.32 Å². The molecule has 0 saturated carbocycles. The lowest BCUT2D eigenvalue weighted by Gasteiger charge is -2.21. The minimum atomic E-state index is -0.149. The van der Waals surface area contributed by atoms with Gasteiger partial charge < -0.3 is 19.7 Å². The zero-order valence-electron chi connectivity index (χ0n) is 14.6. The highest BCUT2D eigenvalue weighted by molar-refractivity contribution is 5.80. The van der Waals surface area contributed by atoms with Gasteiger partial charge in [-0.1, -0.05) is 18.2 Å². The number of hydrogen-bond donors (Lipinski definition) is 1. The van der Waals surface area contributed by atoms with Gasteiger partial charge in [-0.25, -0.2) is 4.39 Å². The molecule has 1 aromatic carbocycles. The Balaban J connectivity index is 1.71. The first-order chi connectivity index (χ1) is 11.7. The molecule has 1 unspecified atom stereocenters. The summed E-state index contributed by atoms with van der Waals surface area (Å²) in [6.07, 6.45) is 1.74. The Hall–Kier alpha value is -1.66. The number of rotatable bonds is 8. The van der Waals surface area contributed by atoms with Gasteiger partial charge in [0.25, 0.3) is 0 Å². The van der Waals surface area contributed by atoms with E-state index in [9.17, 15) is 4.39 Å². The summed E-state index contributed by atoms with van der Waals surface area (Å²) in [5, 5.41) is 3.33. The number of likely N-dealkylation sites (tertiary alicyclic amines) is 1. The van der Waals surface area contributed by atoms with Gasteiger partial charge in [0.05, 0.1) is 19.8 Å². The van der Waals surface area contributed by atoms with Gasteiger partial charge in [-0.2, -0.15) is 0 Å². The summed E-state index contributed by atoms with van der Waals surface area (Å²) in [5.41, 5.74) is 0.728. The quantitative estimate of drug-likeness (QED) is 0.447. The van der Waals surface area contributed by atoms with Crippen LogP contribution in [0.15, 0.2) is 29.3 Å². The van der Waals surface area contributed by atoms with Crippen LogP contribution in [0.2, 0.25) is 0 Å². The standard InChI is InChI=1S/C18H28FN3O2/c1-20-18(21-9-7-16-5-3-4-6-17(16)19)22-10-8-15(13-22)14-24-12-11-23-2/h3-6,15H,7-14H2,1-2H3,(H,20,21). The van der Waals surface area contributed by atoms with Crippen LogP contribution in [0.25, 0.3) is 0 Å². The Bertz CT molecular complexity index is 525. The molecule has 1 aromatic rings. The summed E-state index contributed by atoms with van der Waals surface area (Å²) < 4.78 is 24.2. The molecule has 0 radical (unpaired) electrons. The van der Waals surface area contributed by atoms with Crippen molar-refractivity contribution in [1.82, 2.24) is 10.2 Å². The number of halogens is 1. The third-order valence-corrected chi connectivity index (χ3v) is 4.22. The molecular formula is C18H28FN3O2. The van der Waals surface area contributed by atoms with Gasteiger partial charge in [-0.3, -0.25) is 4.99 Å². The van der Waals surface area contributed by atoms with E-state index in [0.29, 0.717) is 32.1 Å². The highest BCUT2D eigenvalue weighted by atomic mass is 19.1. The molecule has 0 bridgehead atoms. The molecule has 0 aliphatic carbocycles.